The van der Waals surface area contributed by atoms with E-state index in [1.807, 2.05) is 0 Å². The van der Waals surface area contributed by atoms with Crippen LogP contribution in [0.1, 0.15) is 18.4 Å². The summed E-state index contributed by atoms with van der Waals surface area (Å²) in [5.74, 6) is 5.29. The van der Waals surface area contributed by atoms with Gasteiger partial charge in [0.25, 0.3) is 0 Å². The van der Waals surface area contributed by atoms with Crippen LogP contribution < -0.4 is 5.73 Å². The molecule has 1 saturated carbocycles. The van der Waals surface area contributed by atoms with E-state index in [9.17, 15) is 18.3 Å². The number of rotatable bonds is 5. The molecular weight excluding hydrogens is 315 g/mol. The number of benzene rings is 1. The van der Waals surface area contributed by atoms with Gasteiger partial charge in [-0.1, -0.05) is 23.4 Å². The average molecular weight is 332 g/mol. The van der Waals surface area contributed by atoms with Gasteiger partial charge in [0.2, 0.25) is 0 Å². The van der Waals surface area contributed by atoms with E-state index in [0.29, 0.717) is 0 Å². The van der Waals surface area contributed by atoms with Gasteiger partial charge in [0.15, 0.2) is 5.60 Å². The molecule has 0 bridgehead atoms. The Morgan fingerprint density at radius 3 is 2.32 bits per heavy atom. The van der Waals surface area contributed by atoms with Crippen LogP contribution in [-0.2, 0) is 5.60 Å². The van der Waals surface area contributed by atoms with Gasteiger partial charge in [-0.25, -0.2) is 0 Å². The van der Waals surface area contributed by atoms with E-state index >= 15 is 0 Å². The fourth-order valence-electron chi connectivity index (χ4n) is 2.16. The molecule has 3 N–H and O–H groups in total. The van der Waals surface area contributed by atoms with E-state index < -0.39 is 31.0 Å². The summed E-state index contributed by atoms with van der Waals surface area (Å²) in [5, 5.41) is 11.2. The Bertz CT molecular complexity index is 597. The molecule has 0 spiro atoms. The van der Waals surface area contributed by atoms with Crippen molar-refractivity contribution < 1.29 is 18.3 Å². The van der Waals surface area contributed by atoms with E-state index in [4.69, 9.17) is 17.3 Å². The molecule has 0 aliphatic heterocycles. The predicted molar refractivity (Wildman–Crippen MR) is 80.6 cm³/mol. The number of nitrogen functional groups attached to an aromatic ring is 1. The van der Waals surface area contributed by atoms with Gasteiger partial charge in [0, 0.05) is 22.2 Å². The lowest BCUT2D eigenvalue weighted by atomic mass is 9.70. The predicted octanol–water partition coefficient (Wildman–Crippen LogP) is 3.42. The van der Waals surface area contributed by atoms with Crippen LogP contribution in [0.2, 0.25) is 5.02 Å². The maximum atomic E-state index is 13.5. The number of hydrogen-bond donors (Lipinski definition) is 2. The molecule has 1 atom stereocenters. The van der Waals surface area contributed by atoms with Gasteiger partial charge in [0.05, 0.1) is 5.41 Å². The van der Waals surface area contributed by atoms with Crippen LogP contribution in [0.3, 0.4) is 0 Å². The first-order chi connectivity index (χ1) is 10.4. The molecule has 2 nitrogen and oxygen atoms in total. The molecule has 1 aromatic rings. The summed E-state index contributed by atoms with van der Waals surface area (Å²) in [6, 6.07) is 4.13. The molecule has 120 valence electrons. The highest BCUT2D eigenvalue weighted by Gasteiger charge is 2.53. The lowest BCUT2D eigenvalue weighted by Crippen LogP contribution is -2.50. The topological polar surface area (TPSA) is 46.2 Å². The minimum atomic E-state index is -2.39. The van der Waals surface area contributed by atoms with Gasteiger partial charge in [-0.2, -0.15) is 0 Å². The second-order valence-corrected chi connectivity index (χ2v) is 6.10. The first-order valence-corrected chi connectivity index (χ1v) is 7.28. The SMILES string of the molecule is Nc1ccc(Cl)cc1C(O)(C#CC1CC1)C(CF)(CF)CF. The second-order valence-electron chi connectivity index (χ2n) is 5.67. The third-order valence-electron chi connectivity index (χ3n) is 3.97. The quantitative estimate of drug-likeness (QED) is 0.641. The minimum Gasteiger partial charge on any atom is -0.398 e. The fraction of sp³-hybridized carbons (Fsp3) is 0.500. The molecular formula is C16H17ClF3NO. The van der Waals surface area contributed by atoms with Crippen LogP contribution in [-0.4, -0.2) is 25.1 Å². The van der Waals surface area contributed by atoms with E-state index in [1.165, 1.54) is 18.2 Å². The first kappa shape index (κ1) is 17.0. The van der Waals surface area contributed by atoms with Crippen LogP contribution in [0.5, 0.6) is 0 Å². The molecule has 0 heterocycles. The summed E-state index contributed by atoms with van der Waals surface area (Å²) < 4.78 is 40.5. The highest BCUT2D eigenvalue weighted by molar-refractivity contribution is 6.30. The van der Waals surface area contributed by atoms with Gasteiger partial charge >= 0.3 is 0 Å². The molecule has 1 unspecified atom stereocenters. The number of nitrogens with two attached hydrogens (primary N) is 1. The Morgan fingerprint density at radius 2 is 1.82 bits per heavy atom. The third kappa shape index (κ3) is 2.90. The first-order valence-electron chi connectivity index (χ1n) is 6.91. The molecule has 0 radical (unpaired) electrons. The second kappa shape index (κ2) is 6.39. The van der Waals surface area contributed by atoms with Crippen molar-refractivity contribution in [1.29, 1.82) is 0 Å². The highest BCUT2D eigenvalue weighted by atomic mass is 35.5. The van der Waals surface area contributed by atoms with Gasteiger partial charge in [-0.05, 0) is 31.0 Å². The largest absolute Gasteiger partial charge is 0.398 e. The van der Waals surface area contributed by atoms with E-state index in [0.717, 1.165) is 12.8 Å². The smallest absolute Gasteiger partial charge is 0.166 e. The van der Waals surface area contributed by atoms with Crippen LogP contribution in [0.4, 0.5) is 18.9 Å². The Kier molecular flexibility index (Phi) is 4.93. The zero-order valence-corrected chi connectivity index (χ0v) is 12.6. The Labute approximate surface area is 132 Å². The molecule has 0 amide bonds. The van der Waals surface area contributed by atoms with Crippen molar-refractivity contribution in [3.63, 3.8) is 0 Å². The molecule has 1 aliphatic carbocycles. The number of hydrogen-bond acceptors (Lipinski definition) is 2. The lowest BCUT2D eigenvalue weighted by Gasteiger charge is -2.39. The van der Waals surface area contributed by atoms with Crippen molar-refractivity contribution in [2.45, 2.75) is 18.4 Å². The molecule has 0 aromatic heterocycles. The standard InChI is InChI=1S/C16H17ClF3NO/c17-12-3-4-14(21)13(7-12)16(22,6-5-11-1-2-11)15(8-18,9-19)10-20/h3-4,7,11,22H,1-2,8-10,21H2. The van der Waals surface area contributed by atoms with Gasteiger partial charge in [-0.15, -0.1) is 0 Å². The van der Waals surface area contributed by atoms with Crippen molar-refractivity contribution in [2.75, 3.05) is 25.8 Å². The normalized spacial score (nSPS) is 17.5. The Balaban J connectivity index is 2.64. The molecule has 22 heavy (non-hydrogen) atoms. The molecule has 1 aliphatic rings. The molecule has 6 heteroatoms. The van der Waals surface area contributed by atoms with E-state index in [-0.39, 0.29) is 22.2 Å². The van der Waals surface area contributed by atoms with Gasteiger partial charge in [-0.3, -0.25) is 13.2 Å². The van der Waals surface area contributed by atoms with Gasteiger partial charge < -0.3 is 10.8 Å². The van der Waals surface area contributed by atoms with Gasteiger partial charge in [0.1, 0.15) is 20.0 Å². The van der Waals surface area contributed by atoms with Crippen molar-refractivity contribution >= 4 is 17.3 Å². The zero-order valence-electron chi connectivity index (χ0n) is 11.9. The zero-order chi connectivity index (χ0) is 16.4. The number of anilines is 1. The van der Waals surface area contributed by atoms with Crippen LogP contribution in [0, 0.1) is 23.2 Å². The summed E-state index contributed by atoms with van der Waals surface area (Å²) in [7, 11) is 0. The van der Waals surface area contributed by atoms with Crippen molar-refractivity contribution in [3.8, 4) is 11.8 Å². The molecule has 1 aromatic carbocycles. The average Bonchev–Trinajstić information content (AvgIpc) is 3.34. The minimum absolute atomic E-state index is 0.0525. The Morgan fingerprint density at radius 1 is 1.23 bits per heavy atom. The summed E-state index contributed by atoms with van der Waals surface area (Å²) in [6.45, 7) is -4.24. The van der Waals surface area contributed by atoms with Crippen LogP contribution >= 0.6 is 11.6 Å². The fourth-order valence-corrected chi connectivity index (χ4v) is 2.33. The lowest BCUT2D eigenvalue weighted by molar-refractivity contribution is -0.0819. The maximum absolute atomic E-state index is 13.5. The third-order valence-corrected chi connectivity index (χ3v) is 4.21. The summed E-state index contributed by atoms with van der Waals surface area (Å²) in [5.41, 5.74) is 1.08. The molecule has 1 fully saturated rings. The summed E-state index contributed by atoms with van der Waals surface area (Å²) >= 11 is 5.88. The number of alkyl halides is 3. The van der Waals surface area contributed by atoms with Crippen LogP contribution in [0.15, 0.2) is 18.2 Å². The summed E-state index contributed by atoms with van der Waals surface area (Å²) in [6.07, 6.45) is 1.70. The van der Waals surface area contributed by atoms with E-state index in [1.54, 1.807) is 0 Å². The monoisotopic (exact) mass is 331 g/mol. The molecule has 2 rings (SSSR count). The Hall–Kier alpha value is -1.38. The number of halogens is 4. The van der Waals surface area contributed by atoms with Crippen molar-refractivity contribution in [2.24, 2.45) is 11.3 Å². The number of aliphatic hydroxyl groups is 1. The summed E-state index contributed by atoms with van der Waals surface area (Å²) in [4.78, 5) is 0. The van der Waals surface area contributed by atoms with Crippen molar-refractivity contribution in [3.05, 3.63) is 28.8 Å². The molecule has 0 saturated heterocycles. The maximum Gasteiger partial charge on any atom is 0.166 e. The van der Waals surface area contributed by atoms with Crippen molar-refractivity contribution in [1.82, 2.24) is 0 Å². The highest BCUT2D eigenvalue weighted by Crippen LogP contribution is 2.44. The van der Waals surface area contributed by atoms with E-state index in [2.05, 4.69) is 11.8 Å². The van der Waals surface area contributed by atoms with Crippen LogP contribution in [0.25, 0.3) is 0 Å².